The quantitative estimate of drug-likeness (QED) is 0.418. The van der Waals surface area contributed by atoms with Gasteiger partial charge in [0.25, 0.3) is 0 Å². The Hall–Kier alpha value is -0.787. The Balaban J connectivity index is -0.000000720. The van der Waals surface area contributed by atoms with Crippen LogP contribution in [0.4, 0.5) is 0 Å². The molecule has 84 valence electrons. The molecule has 0 aliphatic rings. The van der Waals surface area contributed by atoms with Crippen molar-refractivity contribution in [2.75, 3.05) is 0 Å². The minimum Gasteiger partial charge on any atom is -0.550 e. The molecule has 15 heavy (non-hydrogen) atoms. The zero-order chi connectivity index (χ0) is 10.6. The fourth-order valence-corrected chi connectivity index (χ4v) is 0.684. The number of hydrogen-bond acceptors (Lipinski definition) is 8. The molecule has 0 aliphatic carbocycles. The first kappa shape index (κ1) is 19.7. The van der Waals surface area contributed by atoms with Crippen LogP contribution in [0.3, 0.4) is 0 Å². The molecule has 4 N–H and O–H groups in total. The van der Waals surface area contributed by atoms with Gasteiger partial charge in [-0.25, -0.2) is 0 Å². The third-order valence-electron chi connectivity index (χ3n) is 1.25. The number of aliphatic carboxylic acids is 3. The van der Waals surface area contributed by atoms with E-state index >= 15 is 0 Å². The van der Waals surface area contributed by atoms with Gasteiger partial charge in [-0.05, 0) is 0 Å². The first-order valence-electron chi connectivity index (χ1n) is 3.11. The van der Waals surface area contributed by atoms with Gasteiger partial charge in [-0.3, -0.25) is 0 Å². The Labute approximate surface area is 104 Å². The van der Waals surface area contributed by atoms with Crippen LogP contribution in [0.25, 0.3) is 0 Å². The van der Waals surface area contributed by atoms with Crippen LogP contribution in [0.1, 0.15) is 12.8 Å². The summed E-state index contributed by atoms with van der Waals surface area (Å²) in [5, 5.41) is 38.9. The Morgan fingerprint density at radius 2 is 1.27 bits per heavy atom. The summed E-state index contributed by atoms with van der Waals surface area (Å²) in [5.74, 6) is -5.98. The molecule has 0 aromatic rings. The van der Waals surface area contributed by atoms with E-state index in [2.05, 4.69) is 0 Å². The van der Waals surface area contributed by atoms with E-state index in [1.54, 1.807) is 0 Å². The molecule has 8 nitrogen and oxygen atoms in total. The topological polar surface area (TPSA) is 176 Å². The second-order valence-electron chi connectivity index (χ2n) is 2.42. The SMILES string of the molecule is N.O=C([O-])CC(O)(CC(=O)[O-])C(=O)[O-].[Bi+3]. The third-order valence-corrected chi connectivity index (χ3v) is 1.25. The number of rotatable bonds is 5. The van der Waals surface area contributed by atoms with Gasteiger partial charge >= 0.3 is 26.2 Å². The Bertz CT molecular complexity index is 238. The first-order chi connectivity index (χ1) is 5.78. The monoisotopic (exact) mass is 415 g/mol. The van der Waals surface area contributed by atoms with Crippen molar-refractivity contribution >= 4 is 44.1 Å². The zero-order valence-corrected chi connectivity index (χ0v) is 10.9. The van der Waals surface area contributed by atoms with Gasteiger partial charge in [0.2, 0.25) is 0 Å². The molecule has 0 atom stereocenters. The maximum atomic E-state index is 10.1. The normalized spacial score (nSPS) is 9.40. The molecule has 0 aromatic heterocycles. The molecule has 0 unspecified atom stereocenters. The standard InChI is InChI=1S/C6H8O7.Bi.H3N/c7-3(8)1-6(13,5(11)12)2-4(9)10;;/h13H,1-2H2,(H,7,8)(H,9,10)(H,11,12);;1H3/q;+3;/p-3. The molecule has 0 spiro atoms. The summed E-state index contributed by atoms with van der Waals surface area (Å²) >= 11 is 0. The summed E-state index contributed by atoms with van der Waals surface area (Å²) in [5.41, 5.74) is -2.97. The summed E-state index contributed by atoms with van der Waals surface area (Å²) in [4.78, 5) is 30.0. The molecular formula is C6H8BiNO7. The summed E-state index contributed by atoms with van der Waals surface area (Å²) in [6, 6.07) is 0. The van der Waals surface area contributed by atoms with Gasteiger partial charge < -0.3 is 41.0 Å². The third kappa shape index (κ3) is 7.18. The van der Waals surface area contributed by atoms with Crippen LogP contribution in [-0.4, -0.2) is 54.8 Å². The van der Waals surface area contributed by atoms with Crippen molar-refractivity contribution in [1.82, 2.24) is 6.15 Å². The number of carbonyl (C=O) groups excluding carboxylic acids is 3. The first-order valence-corrected chi connectivity index (χ1v) is 3.11. The average molecular weight is 415 g/mol. The van der Waals surface area contributed by atoms with Crippen molar-refractivity contribution in [3.63, 3.8) is 0 Å². The largest absolute Gasteiger partial charge is 3.00 e. The number of aliphatic hydroxyl groups is 1. The molecule has 0 fully saturated rings. The molecule has 0 heterocycles. The van der Waals surface area contributed by atoms with E-state index in [9.17, 15) is 29.7 Å². The van der Waals surface area contributed by atoms with Crippen molar-refractivity contribution in [1.29, 1.82) is 0 Å². The summed E-state index contributed by atoms with van der Waals surface area (Å²) in [6.45, 7) is 0. The Morgan fingerprint density at radius 3 is 1.40 bits per heavy atom. The summed E-state index contributed by atoms with van der Waals surface area (Å²) in [6.07, 6.45) is -2.72. The van der Waals surface area contributed by atoms with Gasteiger partial charge in [-0.2, -0.15) is 0 Å². The summed E-state index contributed by atoms with van der Waals surface area (Å²) in [7, 11) is 0. The summed E-state index contributed by atoms with van der Waals surface area (Å²) < 4.78 is 0. The van der Waals surface area contributed by atoms with Gasteiger partial charge in [-0.15, -0.1) is 0 Å². The van der Waals surface area contributed by atoms with Crippen molar-refractivity contribution in [2.24, 2.45) is 0 Å². The number of carboxylic acid groups (broad SMARTS) is 3. The van der Waals surface area contributed by atoms with E-state index < -0.39 is 36.4 Å². The number of hydrogen-bond donors (Lipinski definition) is 2. The van der Waals surface area contributed by atoms with E-state index in [-0.39, 0.29) is 32.4 Å². The van der Waals surface area contributed by atoms with E-state index in [0.717, 1.165) is 0 Å². The molecule has 0 saturated carbocycles. The average Bonchev–Trinajstić information content (AvgIpc) is 1.82. The minimum atomic E-state index is -2.97. The maximum Gasteiger partial charge on any atom is 3.00 e. The zero-order valence-electron chi connectivity index (χ0n) is 7.47. The predicted octanol–water partition coefficient (Wildman–Crippen LogP) is -5.47. The second kappa shape index (κ2) is 7.50. The molecular weight excluding hydrogens is 407 g/mol. The minimum absolute atomic E-state index is 0. The molecule has 0 bridgehead atoms. The van der Waals surface area contributed by atoms with Crippen LogP contribution in [0.5, 0.6) is 0 Å². The smallest absolute Gasteiger partial charge is 0.550 e. The van der Waals surface area contributed by atoms with Crippen molar-refractivity contribution in [3.8, 4) is 0 Å². The van der Waals surface area contributed by atoms with Crippen molar-refractivity contribution in [2.45, 2.75) is 18.4 Å². The maximum absolute atomic E-state index is 10.1. The molecule has 9 heteroatoms. The molecule has 0 aliphatic heterocycles. The predicted molar refractivity (Wildman–Crippen MR) is 40.0 cm³/mol. The van der Waals surface area contributed by atoms with Crippen LogP contribution in [-0.2, 0) is 14.4 Å². The van der Waals surface area contributed by atoms with Crippen LogP contribution in [0.15, 0.2) is 0 Å². The van der Waals surface area contributed by atoms with E-state index in [4.69, 9.17) is 5.11 Å². The van der Waals surface area contributed by atoms with Crippen LogP contribution >= 0.6 is 0 Å². The van der Waals surface area contributed by atoms with Gasteiger partial charge in [0.05, 0.1) is 5.97 Å². The van der Waals surface area contributed by atoms with Crippen molar-refractivity contribution < 1.29 is 34.8 Å². The Morgan fingerprint density at radius 1 is 1.00 bits per heavy atom. The van der Waals surface area contributed by atoms with E-state index in [1.165, 1.54) is 0 Å². The van der Waals surface area contributed by atoms with E-state index in [1.807, 2.05) is 0 Å². The second-order valence-corrected chi connectivity index (χ2v) is 2.42. The molecule has 0 aromatic carbocycles. The molecule has 2 radical (unpaired) electrons. The van der Waals surface area contributed by atoms with Crippen LogP contribution < -0.4 is 21.5 Å². The van der Waals surface area contributed by atoms with Gasteiger partial charge in [0, 0.05) is 24.8 Å². The van der Waals surface area contributed by atoms with Crippen LogP contribution in [0.2, 0.25) is 0 Å². The Kier molecular flexibility index (Phi) is 9.86. The van der Waals surface area contributed by atoms with Crippen molar-refractivity contribution in [3.05, 3.63) is 0 Å². The van der Waals surface area contributed by atoms with E-state index in [0.29, 0.717) is 0 Å². The molecule has 0 rings (SSSR count). The number of carboxylic acids is 3. The fraction of sp³-hybridized carbons (Fsp3) is 0.500. The molecule has 0 saturated heterocycles. The van der Waals surface area contributed by atoms with Gasteiger partial charge in [0.1, 0.15) is 5.60 Å². The van der Waals surface area contributed by atoms with Gasteiger partial charge in [0.15, 0.2) is 0 Å². The molecule has 0 amide bonds. The van der Waals surface area contributed by atoms with Gasteiger partial charge in [-0.1, -0.05) is 0 Å². The van der Waals surface area contributed by atoms with Crippen LogP contribution in [0, 0.1) is 0 Å². The fourth-order valence-electron chi connectivity index (χ4n) is 0.684. The number of carbonyl (C=O) groups is 3.